The number of hydrogen-bond donors (Lipinski definition) is 1. The molecule has 0 aliphatic heterocycles. The van der Waals surface area contributed by atoms with Crippen LogP contribution in [-0.2, 0) is 7.05 Å². The van der Waals surface area contributed by atoms with E-state index >= 15 is 0 Å². The predicted octanol–water partition coefficient (Wildman–Crippen LogP) is 2.80. The third-order valence-corrected chi connectivity index (χ3v) is 3.35. The van der Waals surface area contributed by atoms with Gasteiger partial charge in [0.1, 0.15) is 0 Å². The van der Waals surface area contributed by atoms with E-state index in [0.29, 0.717) is 0 Å². The number of nitrogens with one attached hydrogen (secondary N) is 1. The van der Waals surface area contributed by atoms with Crippen LogP contribution in [0, 0.1) is 6.92 Å². The van der Waals surface area contributed by atoms with Crippen LogP contribution in [0.1, 0.15) is 22.9 Å². The molecule has 1 aromatic heterocycles. The highest BCUT2D eigenvalue weighted by molar-refractivity contribution is 9.10. The number of rotatable bonds is 3. The molecule has 0 saturated heterocycles. The Morgan fingerprint density at radius 3 is 2.65 bits per heavy atom. The molecule has 0 fully saturated rings. The molecule has 0 aliphatic rings. The van der Waals surface area contributed by atoms with Crippen molar-refractivity contribution in [3.8, 4) is 0 Å². The van der Waals surface area contributed by atoms with Gasteiger partial charge in [0, 0.05) is 17.7 Å². The molecule has 0 saturated carbocycles. The van der Waals surface area contributed by atoms with Gasteiger partial charge in [0.2, 0.25) is 0 Å². The van der Waals surface area contributed by atoms with Gasteiger partial charge in [-0.25, -0.2) is 0 Å². The van der Waals surface area contributed by atoms with Crippen LogP contribution in [0.15, 0.2) is 34.9 Å². The van der Waals surface area contributed by atoms with Gasteiger partial charge in [0.15, 0.2) is 0 Å². The van der Waals surface area contributed by atoms with Crippen LogP contribution in [0.3, 0.4) is 0 Å². The highest BCUT2D eigenvalue weighted by atomic mass is 79.9. The maximum atomic E-state index is 4.46. The van der Waals surface area contributed by atoms with Gasteiger partial charge in [0.25, 0.3) is 0 Å². The van der Waals surface area contributed by atoms with Crippen LogP contribution in [0.2, 0.25) is 0 Å². The van der Waals surface area contributed by atoms with Crippen molar-refractivity contribution < 1.29 is 0 Å². The molecule has 3 nitrogen and oxygen atoms in total. The Morgan fingerprint density at radius 1 is 1.35 bits per heavy atom. The minimum Gasteiger partial charge on any atom is -0.308 e. The van der Waals surface area contributed by atoms with Gasteiger partial charge in [-0.2, -0.15) is 5.10 Å². The topological polar surface area (TPSA) is 29.9 Å². The Morgan fingerprint density at radius 2 is 2.12 bits per heavy atom. The fraction of sp³-hybridized carbons (Fsp3) is 0.308. The maximum Gasteiger partial charge on any atom is 0.0839 e. The largest absolute Gasteiger partial charge is 0.308 e. The third-order valence-electron chi connectivity index (χ3n) is 2.86. The SMILES string of the molecule is CNC(c1ccn(C)n1)c1ccc(Br)cc1C. The first kappa shape index (κ1) is 12.3. The number of aromatic nitrogens is 2. The number of hydrogen-bond acceptors (Lipinski definition) is 2. The van der Waals surface area contributed by atoms with E-state index in [1.165, 1.54) is 11.1 Å². The van der Waals surface area contributed by atoms with Gasteiger partial charge in [-0.15, -0.1) is 0 Å². The summed E-state index contributed by atoms with van der Waals surface area (Å²) in [4.78, 5) is 0. The standard InChI is InChI=1S/C13H16BrN3/c1-9-8-10(14)4-5-11(9)13(15-2)12-6-7-17(3)16-12/h4-8,13,15H,1-3H3. The van der Waals surface area contributed by atoms with E-state index in [0.717, 1.165) is 10.2 Å². The molecule has 0 bridgehead atoms. The summed E-state index contributed by atoms with van der Waals surface area (Å²) in [5.41, 5.74) is 3.55. The molecule has 2 rings (SSSR count). The zero-order valence-electron chi connectivity index (χ0n) is 10.2. The van der Waals surface area contributed by atoms with Gasteiger partial charge in [0.05, 0.1) is 11.7 Å². The van der Waals surface area contributed by atoms with Gasteiger partial charge in [-0.3, -0.25) is 4.68 Å². The van der Waals surface area contributed by atoms with Gasteiger partial charge < -0.3 is 5.32 Å². The predicted molar refractivity (Wildman–Crippen MR) is 73.0 cm³/mol. The van der Waals surface area contributed by atoms with Crippen molar-refractivity contribution >= 4 is 15.9 Å². The van der Waals surface area contributed by atoms with Crippen LogP contribution < -0.4 is 5.32 Å². The molecular weight excluding hydrogens is 278 g/mol. The smallest absolute Gasteiger partial charge is 0.0839 e. The monoisotopic (exact) mass is 293 g/mol. The molecule has 1 aromatic carbocycles. The molecule has 0 radical (unpaired) electrons. The highest BCUT2D eigenvalue weighted by Gasteiger charge is 2.16. The van der Waals surface area contributed by atoms with E-state index in [-0.39, 0.29) is 6.04 Å². The summed E-state index contributed by atoms with van der Waals surface area (Å²) in [7, 11) is 3.89. The zero-order valence-corrected chi connectivity index (χ0v) is 11.8. The number of aryl methyl sites for hydroxylation is 2. The summed E-state index contributed by atoms with van der Waals surface area (Å²) in [5.74, 6) is 0. The molecule has 4 heteroatoms. The van der Waals surface area contributed by atoms with E-state index < -0.39 is 0 Å². The Labute approximate surface area is 110 Å². The minimum atomic E-state index is 0.143. The Kier molecular flexibility index (Phi) is 3.64. The second-order valence-electron chi connectivity index (χ2n) is 4.14. The molecule has 1 N–H and O–H groups in total. The fourth-order valence-corrected chi connectivity index (χ4v) is 2.49. The molecule has 0 spiro atoms. The molecule has 1 unspecified atom stereocenters. The first-order valence-corrected chi connectivity index (χ1v) is 6.34. The van der Waals surface area contributed by atoms with E-state index in [4.69, 9.17) is 0 Å². The van der Waals surface area contributed by atoms with Crippen LogP contribution in [0.4, 0.5) is 0 Å². The van der Waals surface area contributed by atoms with Crippen LogP contribution in [0.5, 0.6) is 0 Å². The lowest BCUT2D eigenvalue weighted by Gasteiger charge is -2.17. The molecule has 17 heavy (non-hydrogen) atoms. The summed E-state index contributed by atoms with van der Waals surface area (Å²) in [5, 5.41) is 7.78. The quantitative estimate of drug-likeness (QED) is 0.943. The van der Waals surface area contributed by atoms with Crippen molar-refractivity contribution in [2.24, 2.45) is 7.05 Å². The first-order valence-electron chi connectivity index (χ1n) is 5.54. The second-order valence-corrected chi connectivity index (χ2v) is 5.05. The lowest BCUT2D eigenvalue weighted by atomic mass is 9.99. The lowest BCUT2D eigenvalue weighted by Crippen LogP contribution is -2.19. The van der Waals surface area contributed by atoms with Crippen LogP contribution in [0.25, 0.3) is 0 Å². The Balaban J connectivity index is 2.42. The Bertz CT molecular complexity index is 519. The molecule has 90 valence electrons. The Hall–Kier alpha value is -1.13. The van der Waals surface area contributed by atoms with E-state index in [1.807, 2.05) is 31.0 Å². The maximum absolute atomic E-state index is 4.46. The minimum absolute atomic E-state index is 0.143. The summed E-state index contributed by atoms with van der Waals surface area (Å²) in [6, 6.07) is 8.51. The number of nitrogens with zero attached hydrogens (tertiary/aromatic N) is 2. The van der Waals surface area contributed by atoms with Crippen molar-refractivity contribution in [3.05, 3.63) is 51.8 Å². The summed E-state index contributed by atoms with van der Waals surface area (Å²) >= 11 is 3.49. The number of halogens is 1. The van der Waals surface area contributed by atoms with Crippen molar-refractivity contribution in [2.75, 3.05) is 7.05 Å². The average molecular weight is 294 g/mol. The fourth-order valence-electron chi connectivity index (χ4n) is 2.01. The van der Waals surface area contributed by atoms with E-state index in [2.05, 4.69) is 51.5 Å². The zero-order chi connectivity index (χ0) is 12.4. The average Bonchev–Trinajstić information content (AvgIpc) is 2.69. The summed E-state index contributed by atoms with van der Waals surface area (Å²) < 4.78 is 2.93. The molecule has 1 atom stereocenters. The molecule has 1 heterocycles. The molecular formula is C13H16BrN3. The van der Waals surface area contributed by atoms with Crippen LogP contribution >= 0.6 is 15.9 Å². The summed E-state index contributed by atoms with van der Waals surface area (Å²) in [6.45, 7) is 2.12. The van der Waals surface area contributed by atoms with Gasteiger partial charge in [-0.1, -0.05) is 22.0 Å². The highest BCUT2D eigenvalue weighted by Crippen LogP contribution is 2.25. The molecule has 0 amide bonds. The van der Waals surface area contributed by atoms with Gasteiger partial charge >= 0.3 is 0 Å². The van der Waals surface area contributed by atoms with Crippen molar-refractivity contribution in [1.29, 1.82) is 0 Å². The second kappa shape index (κ2) is 5.02. The van der Waals surface area contributed by atoms with Crippen molar-refractivity contribution in [1.82, 2.24) is 15.1 Å². The summed E-state index contributed by atoms with van der Waals surface area (Å²) in [6.07, 6.45) is 1.97. The lowest BCUT2D eigenvalue weighted by molar-refractivity contribution is 0.639. The molecule has 0 aliphatic carbocycles. The van der Waals surface area contributed by atoms with E-state index in [9.17, 15) is 0 Å². The van der Waals surface area contributed by atoms with Gasteiger partial charge in [-0.05, 0) is 43.3 Å². The third kappa shape index (κ3) is 2.58. The van der Waals surface area contributed by atoms with Crippen molar-refractivity contribution in [3.63, 3.8) is 0 Å². The normalized spacial score (nSPS) is 12.7. The molecule has 2 aromatic rings. The first-order chi connectivity index (χ1) is 8.11. The van der Waals surface area contributed by atoms with E-state index in [1.54, 1.807) is 0 Å². The number of benzene rings is 1. The van der Waals surface area contributed by atoms with Crippen molar-refractivity contribution in [2.45, 2.75) is 13.0 Å². The van der Waals surface area contributed by atoms with Crippen LogP contribution in [-0.4, -0.2) is 16.8 Å².